The number of nitrogens with zero attached hydrogens (tertiary/aromatic N) is 1. The minimum Gasteiger partial charge on any atom is -0.493 e. The van der Waals surface area contributed by atoms with E-state index in [4.69, 9.17) is 14.2 Å². The fourth-order valence-electron chi connectivity index (χ4n) is 2.89. The van der Waals surface area contributed by atoms with Gasteiger partial charge in [-0.15, -0.1) is 0 Å². The Kier molecular flexibility index (Phi) is 6.88. The third-order valence-electron chi connectivity index (χ3n) is 4.40. The molecule has 27 heavy (non-hydrogen) atoms. The van der Waals surface area contributed by atoms with E-state index >= 15 is 0 Å². The van der Waals surface area contributed by atoms with Gasteiger partial charge in [0.25, 0.3) is 0 Å². The minimum absolute atomic E-state index is 0.262. The maximum Gasteiger partial charge on any atom is 0.410 e. The van der Waals surface area contributed by atoms with Crippen molar-refractivity contribution in [1.29, 1.82) is 0 Å². The van der Waals surface area contributed by atoms with Gasteiger partial charge < -0.3 is 19.1 Å². The number of piperidine rings is 1. The minimum atomic E-state index is -0.483. The quantitative estimate of drug-likeness (QED) is 0.724. The van der Waals surface area contributed by atoms with E-state index in [1.165, 1.54) is 7.11 Å². The van der Waals surface area contributed by atoms with Crippen LogP contribution in [0.1, 0.15) is 49.5 Å². The fourth-order valence-corrected chi connectivity index (χ4v) is 2.89. The lowest BCUT2D eigenvalue weighted by Crippen LogP contribution is -2.42. The Balaban J connectivity index is 1.90. The second kappa shape index (κ2) is 8.93. The Morgan fingerprint density at radius 2 is 1.93 bits per heavy atom. The molecule has 0 bridgehead atoms. The lowest BCUT2D eigenvalue weighted by Gasteiger charge is -2.33. The summed E-state index contributed by atoms with van der Waals surface area (Å²) in [5.74, 6) is 0.548. The van der Waals surface area contributed by atoms with E-state index in [1.807, 2.05) is 20.8 Å². The summed E-state index contributed by atoms with van der Waals surface area (Å²) < 4.78 is 16.1. The van der Waals surface area contributed by atoms with Crippen molar-refractivity contribution in [3.05, 3.63) is 35.9 Å². The van der Waals surface area contributed by atoms with Gasteiger partial charge in [0.2, 0.25) is 0 Å². The standard InChI is InChI=1S/C21H29NO5/c1-6-16-7-8-17(19(23)25-5)13-18(16)26-14-15-9-11-22(12-10-15)20(24)27-21(2,3)4/h6-8,13,15H,1,9-12,14H2,2-5H3. The number of esters is 1. The number of hydrogen-bond acceptors (Lipinski definition) is 5. The molecular formula is C21H29NO5. The molecule has 6 heteroatoms. The molecule has 1 aliphatic heterocycles. The van der Waals surface area contributed by atoms with Gasteiger partial charge in [0.1, 0.15) is 11.4 Å². The molecule has 0 aliphatic carbocycles. The third kappa shape index (κ3) is 6.01. The number of hydrogen-bond donors (Lipinski definition) is 0. The molecule has 148 valence electrons. The Labute approximate surface area is 161 Å². The van der Waals surface area contributed by atoms with Gasteiger partial charge in [-0.1, -0.05) is 18.7 Å². The normalized spacial score (nSPS) is 15.2. The number of ether oxygens (including phenoxy) is 3. The van der Waals surface area contributed by atoms with Crippen molar-refractivity contribution in [3.8, 4) is 5.75 Å². The van der Waals surface area contributed by atoms with E-state index < -0.39 is 11.6 Å². The number of benzene rings is 1. The smallest absolute Gasteiger partial charge is 0.410 e. The lowest BCUT2D eigenvalue weighted by molar-refractivity contribution is 0.0165. The zero-order chi connectivity index (χ0) is 20.0. The lowest BCUT2D eigenvalue weighted by atomic mass is 9.98. The summed E-state index contributed by atoms with van der Waals surface area (Å²) in [5, 5.41) is 0. The van der Waals surface area contributed by atoms with Crippen LogP contribution in [0.5, 0.6) is 5.75 Å². The number of amides is 1. The molecule has 1 heterocycles. The third-order valence-corrected chi connectivity index (χ3v) is 4.40. The predicted octanol–water partition coefficient (Wildman–Crippen LogP) is 4.14. The maximum absolute atomic E-state index is 12.1. The summed E-state index contributed by atoms with van der Waals surface area (Å²) in [6, 6.07) is 5.16. The van der Waals surface area contributed by atoms with Crippen LogP contribution in [-0.2, 0) is 9.47 Å². The van der Waals surface area contributed by atoms with E-state index in [2.05, 4.69) is 6.58 Å². The highest BCUT2D eigenvalue weighted by Crippen LogP contribution is 2.25. The van der Waals surface area contributed by atoms with E-state index in [0.29, 0.717) is 36.9 Å². The fraction of sp³-hybridized carbons (Fsp3) is 0.524. The second-order valence-corrected chi connectivity index (χ2v) is 7.67. The molecule has 0 aromatic heterocycles. The highest BCUT2D eigenvalue weighted by atomic mass is 16.6. The van der Waals surface area contributed by atoms with Gasteiger partial charge >= 0.3 is 12.1 Å². The van der Waals surface area contributed by atoms with Crippen LogP contribution in [0.4, 0.5) is 4.79 Å². The van der Waals surface area contributed by atoms with Gasteiger partial charge in [0.05, 0.1) is 19.3 Å². The molecule has 2 rings (SSSR count). The number of rotatable bonds is 5. The molecule has 1 aliphatic rings. The van der Waals surface area contributed by atoms with E-state index in [-0.39, 0.29) is 6.09 Å². The molecule has 1 saturated heterocycles. The molecule has 0 unspecified atom stereocenters. The molecular weight excluding hydrogens is 346 g/mol. The average molecular weight is 375 g/mol. The summed E-state index contributed by atoms with van der Waals surface area (Å²) >= 11 is 0. The first-order chi connectivity index (χ1) is 12.7. The van der Waals surface area contributed by atoms with Crippen molar-refractivity contribution in [2.45, 2.75) is 39.2 Å². The predicted molar refractivity (Wildman–Crippen MR) is 104 cm³/mol. The summed E-state index contributed by atoms with van der Waals surface area (Å²) in [5.41, 5.74) is 0.787. The van der Waals surface area contributed by atoms with Crippen molar-refractivity contribution in [2.75, 3.05) is 26.8 Å². The zero-order valence-electron chi connectivity index (χ0n) is 16.6. The van der Waals surface area contributed by atoms with Crippen LogP contribution >= 0.6 is 0 Å². The molecule has 0 atom stereocenters. The number of methoxy groups -OCH3 is 1. The first kappa shape index (κ1) is 20.8. The Morgan fingerprint density at radius 1 is 1.26 bits per heavy atom. The van der Waals surface area contributed by atoms with Crippen LogP contribution in [0.2, 0.25) is 0 Å². The molecule has 0 spiro atoms. The Bertz CT molecular complexity index is 684. The monoisotopic (exact) mass is 375 g/mol. The van der Waals surface area contributed by atoms with Crippen LogP contribution in [0.25, 0.3) is 6.08 Å². The first-order valence-electron chi connectivity index (χ1n) is 9.19. The largest absolute Gasteiger partial charge is 0.493 e. The van der Waals surface area contributed by atoms with E-state index in [0.717, 1.165) is 18.4 Å². The number of likely N-dealkylation sites (tertiary alicyclic amines) is 1. The highest BCUT2D eigenvalue weighted by Gasteiger charge is 2.27. The Morgan fingerprint density at radius 3 is 2.48 bits per heavy atom. The molecule has 1 aromatic carbocycles. The molecule has 1 aromatic rings. The summed E-state index contributed by atoms with van der Waals surface area (Å²) in [6.07, 6.45) is 3.13. The molecule has 6 nitrogen and oxygen atoms in total. The zero-order valence-corrected chi connectivity index (χ0v) is 16.6. The van der Waals surface area contributed by atoms with Crippen LogP contribution in [0, 0.1) is 5.92 Å². The van der Waals surface area contributed by atoms with Crippen LogP contribution in [-0.4, -0.2) is 49.4 Å². The van der Waals surface area contributed by atoms with Crippen molar-refractivity contribution in [1.82, 2.24) is 4.90 Å². The van der Waals surface area contributed by atoms with E-state index in [9.17, 15) is 9.59 Å². The van der Waals surface area contributed by atoms with E-state index in [1.54, 1.807) is 29.2 Å². The average Bonchev–Trinajstić information content (AvgIpc) is 2.64. The van der Waals surface area contributed by atoms with Crippen LogP contribution < -0.4 is 4.74 Å². The van der Waals surface area contributed by atoms with Gasteiger partial charge in [-0.3, -0.25) is 0 Å². The van der Waals surface area contributed by atoms with Crippen molar-refractivity contribution in [2.24, 2.45) is 5.92 Å². The molecule has 0 saturated carbocycles. The van der Waals surface area contributed by atoms with Crippen molar-refractivity contribution < 1.29 is 23.8 Å². The molecule has 0 N–H and O–H groups in total. The van der Waals surface area contributed by atoms with Gasteiger partial charge in [-0.2, -0.15) is 0 Å². The molecule has 1 fully saturated rings. The maximum atomic E-state index is 12.1. The molecule has 1 amide bonds. The number of carbonyl (C=O) groups excluding carboxylic acids is 2. The van der Waals surface area contributed by atoms with Crippen LogP contribution in [0.15, 0.2) is 24.8 Å². The summed E-state index contributed by atoms with van der Waals surface area (Å²) in [4.78, 5) is 25.6. The summed E-state index contributed by atoms with van der Waals surface area (Å²) in [7, 11) is 1.35. The van der Waals surface area contributed by atoms with Gasteiger partial charge in [0, 0.05) is 18.7 Å². The summed E-state index contributed by atoms with van der Waals surface area (Å²) in [6.45, 7) is 11.2. The topological polar surface area (TPSA) is 65.1 Å². The SMILES string of the molecule is C=Cc1ccc(C(=O)OC)cc1OCC1CCN(C(=O)OC(C)(C)C)CC1. The van der Waals surface area contributed by atoms with Gasteiger partial charge in [-0.05, 0) is 51.7 Å². The van der Waals surface area contributed by atoms with Crippen molar-refractivity contribution >= 4 is 18.1 Å². The van der Waals surface area contributed by atoms with Crippen LogP contribution in [0.3, 0.4) is 0 Å². The van der Waals surface area contributed by atoms with Crippen molar-refractivity contribution in [3.63, 3.8) is 0 Å². The van der Waals surface area contributed by atoms with Gasteiger partial charge in [-0.25, -0.2) is 9.59 Å². The first-order valence-corrected chi connectivity index (χ1v) is 9.19. The number of carbonyl (C=O) groups is 2. The highest BCUT2D eigenvalue weighted by molar-refractivity contribution is 5.90. The molecule has 0 radical (unpaired) electrons. The van der Waals surface area contributed by atoms with Gasteiger partial charge in [0.15, 0.2) is 0 Å². The second-order valence-electron chi connectivity index (χ2n) is 7.67. The Hall–Kier alpha value is -2.50.